The average Bonchev–Trinajstić information content (AvgIpc) is 2.21. The van der Waals surface area contributed by atoms with Gasteiger partial charge in [0, 0.05) is 6.04 Å². The Morgan fingerprint density at radius 2 is 1.69 bits per heavy atom. The van der Waals surface area contributed by atoms with E-state index in [1.54, 1.807) is 0 Å². The van der Waals surface area contributed by atoms with Crippen LogP contribution in [-0.2, 0) is 0 Å². The van der Waals surface area contributed by atoms with Crippen molar-refractivity contribution in [1.29, 1.82) is 0 Å². The summed E-state index contributed by atoms with van der Waals surface area (Å²) < 4.78 is 0. The third-order valence-corrected chi connectivity index (χ3v) is 3.10. The van der Waals surface area contributed by atoms with Crippen molar-refractivity contribution in [3.05, 3.63) is 0 Å². The molecule has 0 rings (SSSR count). The number of nitrogens with two attached hydrogens (primary N) is 1. The van der Waals surface area contributed by atoms with Crippen molar-refractivity contribution in [3.8, 4) is 0 Å². The second-order valence-electron chi connectivity index (χ2n) is 4.76. The van der Waals surface area contributed by atoms with Crippen LogP contribution in [0.3, 0.4) is 0 Å². The maximum Gasteiger partial charge on any atom is 0.0727 e. The van der Waals surface area contributed by atoms with Crippen LogP contribution < -0.4 is 5.73 Å². The van der Waals surface area contributed by atoms with Crippen LogP contribution >= 0.6 is 12.2 Å². The summed E-state index contributed by atoms with van der Waals surface area (Å²) in [6.45, 7) is 9.23. The van der Waals surface area contributed by atoms with Crippen molar-refractivity contribution in [2.24, 2.45) is 5.73 Å². The topological polar surface area (TPSA) is 29.3 Å². The molecular formula is C13H28N2S. The van der Waals surface area contributed by atoms with E-state index in [0.29, 0.717) is 11.0 Å². The van der Waals surface area contributed by atoms with Crippen LogP contribution in [0.4, 0.5) is 0 Å². The summed E-state index contributed by atoms with van der Waals surface area (Å²) in [5.74, 6) is 0. The minimum absolute atomic E-state index is 0.654. The van der Waals surface area contributed by atoms with Crippen molar-refractivity contribution in [1.82, 2.24) is 4.90 Å². The van der Waals surface area contributed by atoms with Crippen molar-refractivity contribution >= 4 is 17.2 Å². The van der Waals surface area contributed by atoms with Gasteiger partial charge >= 0.3 is 0 Å². The molecule has 0 unspecified atom stereocenters. The van der Waals surface area contributed by atoms with Crippen LogP contribution in [0.25, 0.3) is 0 Å². The molecule has 0 saturated heterocycles. The van der Waals surface area contributed by atoms with E-state index in [2.05, 4.69) is 25.7 Å². The standard InChI is InChI=1S/C13H28N2S/c1-4-5-7-10-15(12(2)3)11-8-6-9-13(14)16/h12H,4-11H2,1-3H3,(H2,14,16). The van der Waals surface area contributed by atoms with Crippen molar-refractivity contribution in [2.75, 3.05) is 13.1 Å². The van der Waals surface area contributed by atoms with E-state index in [9.17, 15) is 0 Å². The normalized spacial score (nSPS) is 11.3. The SMILES string of the molecule is CCCCCN(CCCCC(N)=S)C(C)C. The maximum absolute atomic E-state index is 5.49. The molecule has 0 atom stereocenters. The molecule has 0 amide bonds. The molecule has 0 aliphatic rings. The summed E-state index contributed by atoms with van der Waals surface area (Å²) in [6, 6.07) is 0.654. The molecule has 0 aliphatic heterocycles. The molecule has 2 nitrogen and oxygen atoms in total. The van der Waals surface area contributed by atoms with Gasteiger partial charge in [0.1, 0.15) is 0 Å². The van der Waals surface area contributed by atoms with E-state index >= 15 is 0 Å². The fraction of sp³-hybridized carbons (Fsp3) is 0.923. The minimum atomic E-state index is 0.654. The molecule has 0 fully saturated rings. The Labute approximate surface area is 107 Å². The molecule has 0 aliphatic carbocycles. The van der Waals surface area contributed by atoms with Gasteiger partial charge in [-0.05, 0) is 52.6 Å². The molecule has 0 spiro atoms. The first-order valence-electron chi connectivity index (χ1n) is 6.60. The highest BCUT2D eigenvalue weighted by molar-refractivity contribution is 7.80. The molecule has 2 N–H and O–H groups in total. The molecule has 0 radical (unpaired) electrons. The first-order chi connectivity index (χ1) is 7.57. The summed E-state index contributed by atoms with van der Waals surface area (Å²) in [5, 5.41) is 0. The Kier molecular flexibility index (Phi) is 9.94. The van der Waals surface area contributed by atoms with Crippen LogP contribution in [0.5, 0.6) is 0 Å². The number of nitrogens with zero attached hydrogens (tertiary/aromatic N) is 1. The van der Waals surface area contributed by atoms with Gasteiger partial charge in [-0.3, -0.25) is 0 Å². The highest BCUT2D eigenvalue weighted by Gasteiger charge is 2.07. The molecule has 0 aromatic heterocycles. The Balaban J connectivity index is 3.63. The third-order valence-electron chi connectivity index (χ3n) is 2.90. The lowest BCUT2D eigenvalue weighted by Gasteiger charge is -2.26. The number of rotatable bonds is 10. The van der Waals surface area contributed by atoms with Crippen molar-refractivity contribution in [3.63, 3.8) is 0 Å². The number of hydrogen-bond donors (Lipinski definition) is 1. The predicted octanol–water partition coefficient (Wildman–Crippen LogP) is 3.34. The summed E-state index contributed by atoms with van der Waals surface area (Å²) in [4.78, 5) is 3.22. The Morgan fingerprint density at radius 1 is 1.12 bits per heavy atom. The molecule has 0 saturated carbocycles. The summed E-state index contributed by atoms with van der Waals surface area (Å²) in [5.41, 5.74) is 5.49. The quantitative estimate of drug-likeness (QED) is 0.472. The predicted molar refractivity (Wildman–Crippen MR) is 76.9 cm³/mol. The van der Waals surface area contributed by atoms with Gasteiger partial charge in [-0.2, -0.15) is 0 Å². The molecule has 3 heteroatoms. The molecule has 0 heterocycles. The third kappa shape index (κ3) is 9.10. The second-order valence-corrected chi connectivity index (χ2v) is 5.28. The molecule has 0 aromatic carbocycles. The Bertz CT molecular complexity index is 181. The summed E-state index contributed by atoms with van der Waals surface area (Å²) >= 11 is 4.88. The van der Waals surface area contributed by atoms with Gasteiger partial charge in [0.05, 0.1) is 4.99 Å². The largest absolute Gasteiger partial charge is 0.393 e. The molecular weight excluding hydrogens is 216 g/mol. The maximum atomic E-state index is 5.49. The summed E-state index contributed by atoms with van der Waals surface area (Å²) in [6.07, 6.45) is 7.21. The summed E-state index contributed by atoms with van der Waals surface area (Å²) in [7, 11) is 0. The van der Waals surface area contributed by atoms with Crippen LogP contribution in [0, 0.1) is 0 Å². The van der Waals surface area contributed by atoms with E-state index in [4.69, 9.17) is 18.0 Å². The Morgan fingerprint density at radius 3 is 2.12 bits per heavy atom. The van der Waals surface area contributed by atoms with Gasteiger partial charge < -0.3 is 10.6 Å². The van der Waals surface area contributed by atoms with Crippen LogP contribution in [0.1, 0.15) is 59.3 Å². The smallest absolute Gasteiger partial charge is 0.0727 e. The monoisotopic (exact) mass is 244 g/mol. The van der Waals surface area contributed by atoms with E-state index < -0.39 is 0 Å². The zero-order valence-electron chi connectivity index (χ0n) is 11.2. The zero-order valence-corrected chi connectivity index (χ0v) is 12.0. The van der Waals surface area contributed by atoms with Gasteiger partial charge in [-0.15, -0.1) is 0 Å². The second kappa shape index (κ2) is 10.0. The van der Waals surface area contributed by atoms with E-state index in [1.807, 2.05) is 0 Å². The van der Waals surface area contributed by atoms with Crippen LogP contribution in [0.2, 0.25) is 0 Å². The van der Waals surface area contributed by atoms with Gasteiger partial charge in [0.2, 0.25) is 0 Å². The fourth-order valence-corrected chi connectivity index (χ4v) is 1.95. The molecule has 0 bridgehead atoms. The van der Waals surface area contributed by atoms with Gasteiger partial charge in [0.25, 0.3) is 0 Å². The molecule has 0 aromatic rings. The lowest BCUT2D eigenvalue weighted by atomic mass is 10.2. The van der Waals surface area contributed by atoms with Gasteiger partial charge in [0.15, 0.2) is 0 Å². The van der Waals surface area contributed by atoms with E-state index in [0.717, 1.165) is 12.8 Å². The number of hydrogen-bond acceptors (Lipinski definition) is 2. The molecule has 16 heavy (non-hydrogen) atoms. The van der Waals surface area contributed by atoms with Crippen LogP contribution in [0.15, 0.2) is 0 Å². The highest BCUT2D eigenvalue weighted by atomic mass is 32.1. The van der Waals surface area contributed by atoms with Crippen LogP contribution in [-0.4, -0.2) is 29.0 Å². The van der Waals surface area contributed by atoms with E-state index in [1.165, 1.54) is 38.8 Å². The number of thiocarbonyl (C=S) groups is 1. The minimum Gasteiger partial charge on any atom is -0.393 e. The number of unbranched alkanes of at least 4 members (excludes halogenated alkanes) is 3. The fourth-order valence-electron chi connectivity index (χ4n) is 1.81. The van der Waals surface area contributed by atoms with Gasteiger partial charge in [-0.1, -0.05) is 32.0 Å². The first kappa shape index (κ1) is 15.9. The lowest BCUT2D eigenvalue weighted by molar-refractivity contribution is 0.213. The van der Waals surface area contributed by atoms with Gasteiger partial charge in [-0.25, -0.2) is 0 Å². The zero-order chi connectivity index (χ0) is 12.4. The lowest BCUT2D eigenvalue weighted by Crippen LogP contribution is -2.32. The van der Waals surface area contributed by atoms with Crippen molar-refractivity contribution in [2.45, 2.75) is 65.3 Å². The average molecular weight is 244 g/mol. The Hall–Kier alpha value is -0.150. The van der Waals surface area contributed by atoms with E-state index in [-0.39, 0.29) is 0 Å². The molecule has 96 valence electrons. The van der Waals surface area contributed by atoms with Crippen molar-refractivity contribution < 1.29 is 0 Å². The highest BCUT2D eigenvalue weighted by Crippen LogP contribution is 2.06. The first-order valence-corrected chi connectivity index (χ1v) is 7.01.